The monoisotopic (exact) mass is 335 g/mol. The van der Waals surface area contributed by atoms with E-state index < -0.39 is 22.0 Å². The minimum absolute atomic E-state index is 0.0677. The highest BCUT2D eigenvalue weighted by atomic mass is 35.5. The van der Waals surface area contributed by atoms with Gasteiger partial charge in [0.1, 0.15) is 0 Å². The first-order valence-electron chi connectivity index (χ1n) is 5.87. The lowest BCUT2D eigenvalue weighted by atomic mass is 10.2. The molecule has 116 valence electrons. The van der Waals surface area contributed by atoms with Crippen LogP contribution in [0.5, 0.6) is 0 Å². The molecule has 0 bridgehead atoms. The molecule has 7 nitrogen and oxygen atoms in total. The molecule has 0 aromatic heterocycles. The molecule has 0 heterocycles. The van der Waals surface area contributed by atoms with Crippen LogP contribution in [0, 0.1) is 0 Å². The van der Waals surface area contributed by atoms with Crippen LogP contribution in [0.1, 0.15) is 23.2 Å². The molecule has 0 unspecified atom stereocenters. The van der Waals surface area contributed by atoms with Gasteiger partial charge in [0, 0.05) is 18.0 Å². The Morgan fingerprint density at radius 1 is 1.38 bits per heavy atom. The molecule has 21 heavy (non-hydrogen) atoms. The van der Waals surface area contributed by atoms with E-state index in [1.54, 1.807) is 0 Å². The number of sulfonamides is 1. The van der Waals surface area contributed by atoms with Gasteiger partial charge in [0.15, 0.2) is 0 Å². The Bertz CT molecular complexity index is 643. The van der Waals surface area contributed by atoms with Gasteiger partial charge in [-0.25, -0.2) is 17.9 Å². The molecular formula is C12H14ClNO6S. The third-order valence-corrected chi connectivity index (χ3v) is 4.23. The summed E-state index contributed by atoms with van der Waals surface area (Å²) in [6.45, 7) is -0.0677. The first-order chi connectivity index (χ1) is 9.77. The second-order valence-electron chi connectivity index (χ2n) is 4.03. The Balaban J connectivity index is 2.99. The quantitative estimate of drug-likeness (QED) is 0.573. The summed E-state index contributed by atoms with van der Waals surface area (Å²) in [5.41, 5.74) is -0.146. The van der Waals surface area contributed by atoms with Gasteiger partial charge in [0.2, 0.25) is 10.0 Å². The molecule has 0 aliphatic carbocycles. The number of aliphatic carboxylic acids is 1. The van der Waals surface area contributed by atoms with Crippen LogP contribution in [0.4, 0.5) is 0 Å². The lowest BCUT2D eigenvalue weighted by molar-refractivity contribution is -0.137. The SMILES string of the molecule is COC(=O)c1ccc(Cl)cc1S(=O)(=O)NCCCC(=O)O. The normalized spacial score (nSPS) is 11.1. The summed E-state index contributed by atoms with van der Waals surface area (Å²) in [5, 5.41) is 8.64. The Morgan fingerprint density at radius 3 is 2.62 bits per heavy atom. The maximum absolute atomic E-state index is 12.1. The highest BCUT2D eigenvalue weighted by Gasteiger charge is 2.23. The fourth-order valence-electron chi connectivity index (χ4n) is 1.52. The van der Waals surface area contributed by atoms with E-state index in [2.05, 4.69) is 9.46 Å². The minimum Gasteiger partial charge on any atom is -0.481 e. The average Bonchev–Trinajstić information content (AvgIpc) is 2.42. The Labute approximate surface area is 126 Å². The van der Waals surface area contributed by atoms with Crippen LogP contribution in [0.15, 0.2) is 23.1 Å². The van der Waals surface area contributed by atoms with E-state index in [-0.39, 0.29) is 34.9 Å². The maximum atomic E-state index is 12.1. The standard InChI is InChI=1S/C12H14ClNO6S/c1-20-12(17)9-5-4-8(13)7-10(9)21(18,19)14-6-2-3-11(15)16/h4-5,7,14H,2-3,6H2,1H3,(H,15,16). The number of carbonyl (C=O) groups excluding carboxylic acids is 1. The van der Waals surface area contributed by atoms with Crippen molar-refractivity contribution < 1.29 is 27.9 Å². The number of nitrogens with one attached hydrogen (secondary N) is 1. The lowest BCUT2D eigenvalue weighted by Gasteiger charge is -2.10. The molecule has 0 saturated heterocycles. The Morgan fingerprint density at radius 2 is 2.05 bits per heavy atom. The van der Waals surface area contributed by atoms with Crippen LogP contribution in [0.2, 0.25) is 5.02 Å². The fourth-order valence-corrected chi connectivity index (χ4v) is 3.05. The number of carbonyl (C=O) groups is 2. The van der Waals surface area contributed by atoms with Crippen LogP contribution in [0.25, 0.3) is 0 Å². The van der Waals surface area contributed by atoms with Crippen molar-refractivity contribution >= 4 is 33.6 Å². The Hall–Kier alpha value is -1.64. The average molecular weight is 336 g/mol. The fraction of sp³-hybridized carbons (Fsp3) is 0.333. The van der Waals surface area contributed by atoms with Crippen LogP contribution in [-0.2, 0) is 19.6 Å². The summed E-state index contributed by atoms with van der Waals surface area (Å²) < 4.78 is 31.0. The largest absolute Gasteiger partial charge is 0.481 e. The van der Waals surface area contributed by atoms with Crippen LogP contribution >= 0.6 is 11.6 Å². The summed E-state index contributed by atoms with van der Waals surface area (Å²) in [6.07, 6.45) is -0.0371. The van der Waals surface area contributed by atoms with Crippen molar-refractivity contribution in [1.82, 2.24) is 4.72 Å². The molecule has 0 fully saturated rings. The minimum atomic E-state index is -3.99. The molecule has 0 radical (unpaired) electrons. The highest BCUT2D eigenvalue weighted by Crippen LogP contribution is 2.21. The number of benzene rings is 1. The number of halogens is 1. The summed E-state index contributed by atoms with van der Waals surface area (Å²) in [6, 6.07) is 3.75. The number of hydrogen-bond acceptors (Lipinski definition) is 5. The zero-order chi connectivity index (χ0) is 16.0. The molecule has 0 aliphatic rings. The van der Waals surface area contributed by atoms with Gasteiger partial charge in [0.05, 0.1) is 17.6 Å². The summed E-state index contributed by atoms with van der Waals surface area (Å²) >= 11 is 5.75. The molecule has 9 heteroatoms. The molecule has 2 N–H and O–H groups in total. The first kappa shape index (κ1) is 17.4. The van der Waals surface area contributed by atoms with Crippen LogP contribution in [0.3, 0.4) is 0 Å². The zero-order valence-electron chi connectivity index (χ0n) is 11.1. The summed E-state index contributed by atoms with van der Waals surface area (Å²) in [4.78, 5) is 21.6. The van der Waals surface area contributed by atoms with Crippen molar-refractivity contribution in [1.29, 1.82) is 0 Å². The molecule has 0 atom stereocenters. The molecule has 0 spiro atoms. The molecule has 0 amide bonds. The van der Waals surface area contributed by atoms with Crippen LogP contribution < -0.4 is 4.72 Å². The number of carboxylic acid groups (broad SMARTS) is 1. The van der Waals surface area contributed by atoms with Gasteiger partial charge in [-0.2, -0.15) is 0 Å². The van der Waals surface area contributed by atoms with Crippen molar-refractivity contribution in [3.05, 3.63) is 28.8 Å². The van der Waals surface area contributed by atoms with E-state index in [1.165, 1.54) is 12.1 Å². The van der Waals surface area contributed by atoms with E-state index >= 15 is 0 Å². The van der Waals surface area contributed by atoms with E-state index in [9.17, 15) is 18.0 Å². The third kappa shape index (κ3) is 5.00. The second kappa shape index (κ2) is 7.39. The number of rotatable bonds is 7. The highest BCUT2D eigenvalue weighted by molar-refractivity contribution is 7.89. The lowest BCUT2D eigenvalue weighted by Crippen LogP contribution is -2.27. The molecule has 1 aromatic carbocycles. The molecule has 1 aromatic rings. The first-order valence-corrected chi connectivity index (χ1v) is 7.73. The maximum Gasteiger partial charge on any atom is 0.339 e. The van der Waals surface area contributed by atoms with E-state index in [1.807, 2.05) is 0 Å². The summed E-state index contributed by atoms with van der Waals surface area (Å²) in [5.74, 6) is -1.83. The van der Waals surface area contributed by atoms with Gasteiger partial charge in [-0.15, -0.1) is 0 Å². The Kier molecular flexibility index (Phi) is 6.13. The number of ether oxygens (including phenoxy) is 1. The van der Waals surface area contributed by atoms with Gasteiger partial charge in [-0.1, -0.05) is 11.6 Å². The van der Waals surface area contributed by atoms with Gasteiger partial charge in [0.25, 0.3) is 0 Å². The predicted octanol–water partition coefficient (Wildman–Crippen LogP) is 1.27. The van der Waals surface area contributed by atoms with E-state index in [0.717, 1.165) is 13.2 Å². The van der Waals surface area contributed by atoms with Crippen molar-refractivity contribution in [2.75, 3.05) is 13.7 Å². The van der Waals surface area contributed by atoms with Crippen LogP contribution in [-0.4, -0.2) is 39.1 Å². The van der Waals surface area contributed by atoms with Gasteiger partial charge in [-0.05, 0) is 24.6 Å². The number of esters is 1. The topological polar surface area (TPSA) is 110 Å². The second-order valence-corrected chi connectivity index (χ2v) is 6.20. The zero-order valence-corrected chi connectivity index (χ0v) is 12.7. The van der Waals surface area contributed by atoms with E-state index in [0.29, 0.717) is 0 Å². The molecule has 0 saturated carbocycles. The molecule has 0 aliphatic heterocycles. The van der Waals surface area contributed by atoms with Crippen molar-refractivity contribution in [2.45, 2.75) is 17.7 Å². The van der Waals surface area contributed by atoms with E-state index in [4.69, 9.17) is 16.7 Å². The summed E-state index contributed by atoms with van der Waals surface area (Å²) in [7, 11) is -2.86. The molecular weight excluding hydrogens is 322 g/mol. The number of methoxy groups -OCH3 is 1. The smallest absolute Gasteiger partial charge is 0.339 e. The van der Waals surface area contributed by atoms with Crippen molar-refractivity contribution in [3.8, 4) is 0 Å². The van der Waals surface area contributed by atoms with Gasteiger partial charge in [-0.3, -0.25) is 4.79 Å². The number of carboxylic acids is 1. The van der Waals surface area contributed by atoms with Gasteiger partial charge >= 0.3 is 11.9 Å². The van der Waals surface area contributed by atoms with Crippen molar-refractivity contribution in [2.24, 2.45) is 0 Å². The van der Waals surface area contributed by atoms with Gasteiger partial charge < -0.3 is 9.84 Å². The van der Waals surface area contributed by atoms with Crippen molar-refractivity contribution in [3.63, 3.8) is 0 Å². The predicted molar refractivity (Wildman–Crippen MR) is 74.8 cm³/mol. The molecule has 1 rings (SSSR count). The third-order valence-electron chi connectivity index (χ3n) is 2.50. The number of hydrogen-bond donors (Lipinski definition) is 2.